The molecular weight excluding hydrogens is 240 g/mol. The van der Waals surface area contributed by atoms with Gasteiger partial charge in [-0.05, 0) is 18.7 Å². The van der Waals surface area contributed by atoms with Crippen LogP contribution in [0.4, 0.5) is 5.95 Å². The van der Waals surface area contributed by atoms with Crippen molar-refractivity contribution >= 4 is 5.95 Å². The molecule has 2 aromatic heterocycles. The summed E-state index contributed by atoms with van der Waals surface area (Å²) in [6, 6.07) is 3.81. The summed E-state index contributed by atoms with van der Waals surface area (Å²) in [5.74, 6) is 1.57. The molecule has 5 nitrogen and oxygen atoms in total. The first-order chi connectivity index (χ1) is 9.35. The van der Waals surface area contributed by atoms with E-state index >= 15 is 0 Å². The highest BCUT2D eigenvalue weighted by Crippen LogP contribution is 2.17. The molecule has 3 rings (SSSR count). The number of aromatic nitrogens is 2. The van der Waals surface area contributed by atoms with E-state index in [4.69, 9.17) is 4.42 Å². The molecule has 0 saturated carbocycles. The smallest absolute Gasteiger partial charge is 0.223 e. The minimum absolute atomic E-state index is 0.618. The van der Waals surface area contributed by atoms with Crippen LogP contribution < -0.4 is 5.32 Å². The van der Waals surface area contributed by atoms with Gasteiger partial charge in [-0.1, -0.05) is 6.92 Å². The average molecular weight is 258 g/mol. The zero-order valence-electron chi connectivity index (χ0n) is 11.1. The Bertz CT molecular complexity index is 538. The minimum atomic E-state index is 0.618. The van der Waals surface area contributed by atoms with Crippen molar-refractivity contribution in [2.75, 3.05) is 18.4 Å². The van der Waals surface area contributed by atoms with E-state index in [0.717, 1.165) is 31.8 Å². The molecule has 5 heteroatoms. The van der Waals surface area contributed by atoms with Crippen LogP contribution in [-0.4, -0.2) is 28.0 Å². The maximum atomic E-state index is 5.27. The number of hydrogen-bond acceptors (Lipinski definition) is 5. The standard InChI is InChI=1S/C14H18N4O/c1-2-18-6-5-13-11(10-18)8-15-14(17-13)16-9-12-4-3-7-19-12/h3-4,7-8H,2,5-6,9-10H2,1H3,(H,15,16,17). The van der Waals surface area contributed by atoms with E-state index in [1.54, 1.807) is 6.26 Å². The number of furan rings is 1. The molecule has 3 heterocycles. The van der Waals surface area contributed by atoms with Crippen LogP contribution in [0, 0.1) is 0 Å². The van der Waals surface area contributed by atoms with Crippen LogP contribution >= 0.6 is 0 Å². The highest BCUT2D eigenvalue weighted by Gasteiger charge is 2.16. The summed E-state index contributed by atoms with van der Waals surface area (Å²) in [6.07, 6.45) is 4.61. The fourth-order valence-electron chi connectivity index (χ4n) is 2.31. The lowest BCUT2D eigenvalue weighted by atomic mass is 10.1. The van der Waals surface area contributed by atoms with E-state index in [0.29, 0.717) is 12.5 Å². The van der Waals surface area contributed by atoms with Crippen LogP contribution in [0.2, 0.25) is 0 Å². The summed E-state index contributed by atoms with van der Waals surface area (Å²) in [5, 5.41) is 3.19. The molecule has 0 radical (unpaired) electrons. The molecule has 1 aliphatic rings. The van der Waals surface area contributed by atoms with E-state index < -0.39 is 0 Å². The largest absolute Gasteiger partial charge is 0.467 e. The first-order valence-corrected chi connectivity index (χ1v) is 6.68. The zero-order valence-corrected chi connectivity index (χ0v) is 11.1. The van der Waals surface area contributed by atoms with E-state index in [1.807, 2.05) is 18.3 Å². The number of nitrogens with zero attached hydrogens (tertiary/aromatic N) is 3. The van der Waals surface area contributed by atoms with Gasteiger partial charge in [0, 0.05) is 31.3 Å². The van der Waals surface area contributed by atoms with Crippen LogP contribution in [0.25, 0.3) is 0 Å². The van der Waals surface area contributed by atoms with Crippen LogP contribution in [-0.2, 0) is 19.5 Å². The number of rotatable bonds is 4. The van der Waals surface area contributed by atoms with Crippen molar-refractivity contribution < 1.29 is 4.42 Å². The van der Waals surface area contributed by atoms with Crippen molar-refractivity contribution in [1.82, 2.24) is 14.9 Å². The number of nitrogens with one attached hydrogen (secondary N) is 1. The van der Waals surface area contributed by atoms with Crippen LogP contribution in [0.1, 0.15) is 23.9 Å². The monoisotopic (exact) mass is 258 g/mol. The maximum absolute atomic E-state index is 5.27. The van der Waals surface area contributed by atoms with Crippen molar-refractivity contribution in [1.29, 1.82) is 0 Å². The van der Waals surface area contributed by atoms with Gasteiger partial charge < -0.3 is 9.73 Å². The Labute approximate surface area is 112 Å². The molecule has 1 aliphatic heterocycles. The summed E-state index contributed by atoms with van der Waals surface area (Å²) >= 11 is 0. The highest BCUT2D eigenvalue weighted by atomic mass is 16.3. The Kier molecular flexibility index (Phi) is 3.46. The van der Waals surface area contributed by atoms with E-state index in [2.05, 4.69) is 27.1 Å². The van der Waals surface area contributed by atoms with Crippen molar-refractivity contribution in [3.63, 3.8) is 0 Å². The summed E-state index contributed by atoms with van der Waals surface area (Å²) in [5.41, 5.74) is 2.42. The third-order valence-electron chi connectivity index (χ3n) is 3.46. The lowest BCUT2D eigenvalue weighted by Gasteiger charge is -2.26. The predicted octanol–water partition coefficient (Wildman–Crippen LogP) is 2.06. The van der Waals surface area contributed by atoms with Gasteiger partial charge in [0.2, 0.25) is 5.95 Å². The van der Waals surface area contributed by atoms with E-state index in [9.17, 15) is 0 Å². The van der Waals surface area contributed by atoms with Crippen molar-refractivity contribution in [3.8, 4) is 0 Å². The Morgan fingerprint density at radius 3 is 3.21 bits per heavy atom. The lowest BCUT2D eigenvalue weighted by molar-refractivity contribution is 0.265. The van der Waals surface area contributed by atoms with E-state index in [1.165, 1.54) is 11.3 Å². The minimum Gasteiger partial charge on any atom is -0.467 e. The van der Waals surface area contributed by atoms with Gasteiger partial charge in [0.25, 0.3) is 0 Å². The van der Waals surface area contributed by atoms with Crippen LogP contribution in [0.3, 0.4) is 0 Å². The summed E-state index contributed by atoms with van der Waals surface area (Å²) < 4.78 is 5.27. The third kappa shape index (κ3) is 2.76. The van der Waals surface area contributed by atoms with Gasteiger partial charge in [0.15, 0.2) is 0 Å². The molecule has 100 valence electrons. The SMILES string of the molecule is CCN1CCc2nc(NCc3ccco3)ncc2C1. The third-order valence-corrected chi connectivity index (χ3v) is 3.46. The molecule has 1 N–H and O–H groups in total. The van der Waals surface area contributed by atoms with E-state index in [-0.39, 0.29) is 0 Å². The van der Waals surface area contributed by atoms with Gasteiger partial charge >= 0.3 is 0 Å². The lowest BCUT2D eigenvalue weighted by Crippen LogP contribution is -2.31. The van der Waals surface area contributed by atoms with Crippen LogP contribution in [0.5, 0.6) is 0 Å². The number of anilines is 1. The second-order valence-corrected chi connectivity index (χ2v) is 4.72. The Morgan fingerprint density at radius 1 is 1.47 bits per heavy atom. The van der Waals surface area contributed by atoms with Crippen molar-refractivity contribution in [2.45, 2.75) is 26.4 Å². The molecule has 0 saturated heterocycles. The van der Waals surface area contributed by atoms with Gasteiger partial charge in [0.05, 0.1) is 18.5 Å². The molecule has 0 fully saturated rings. The predicted molar refractivity (Wildman–Crippen MR) is 72.7 cm³/mol. The summed E-state index contributed by atoms with van der Waals surface area (Å²) in [4.78, 5) is 11.4. The summed E-state index contributed by atoms with van der Waals surface area (Å²) in [6.45, 7) is 5.93. The first kappa shape index (κ1) is 12.2. The average Bonchev–Trinajstić information content (AvgIpc) is 2.97. The van der Waals surface area contributed by atoms with Crippen molar-refractivity contribution in [2.24, 2.45) is 0 Å². The van der Waals surface area contributed by atoms with Gasteiger partial charge in [-0.3, -0.25) is 4.90 Å². The fourth-order valence-corrected chi connectivity index (χ4v) is 2.31. The Balaban J connectivity index is 1.68. The molecule has 0 bridgehead atoms. The quantitative estimate of drug-likeness (QED) is 0.909. The Morgan fingerprint density at radius 2 is 2.42 bits per heavy atom. The number of fused-ring (bicyclic) bond motifs is 1. The molecular formula is C14H18N4O. The molecule has 0 aliphatic carbocycles. The molecule has 0 spiro atoms. The molecule has 19 heavy (non-hydrogen) atoms. The molecule has 0 atom stereocenters. The highest BCUT2D eigenvalue weighted by molar-refractivity contribution is 5.31. The van der Waals surface area contributed by atoms with Gasteiger partial charge in [0.1, 0.15) is 5.76 Å². The van der Waals surface area contributed by atoms with Gasteiger partial charge in [-0.2, -0.15) is 0 Å². The molecule has 2 aromatic rings. The van der Waals surface area contributed by atoms with Crippen molar-refractivity contribution in [3.05, 3.63) is 41.6 Å². The maximum Gasteiger partial charge on any atom is 0.223 e. The molecule has 0 amide bonds. The molecule has 0 aromatic carbocycles. The van der Waals surface area contributed by atoms with Crippen LogP contribution in [0.15, 0.2) is 29.0 Å². The second kappa shape index (κ2) is 5.40. The fraction of sp³-hybridized carbons (Fsp3) is 0.429. The summed E-state index contributed by atoms with van der Waals surface area (Å²) in [7, 11) is 0. The Hall–Kier alpha value is -1.88. The van der Waals surface area contributed by atoms with Gasteiger partial charge in [-0.15, -0.1) is 0 Å². The van der Waals surface area contributed by atoms with Gasteiger partial charge in [-0.25, -0.2) is 9.97 Å². The number of hydrogen-bond donors (Lipinski definition) is 1. The topological polar surface area (TPSA) is 54.2 Å². The normalized spacial score (nSPS) is 15.2. The first-order valence-electron chi connectivity index (χ1n) is 6.68. The number of likely N-dealkylation sites (N-methyl/N-ethyl adjacent to an activating group) is 1. The molecule has 0 unspecified atom stereocenters. The second-order valence-electron chi connectivity index (χ2n) is 4.72. The zero-order chi connectivity index (χ0) is 13.1.